The van der Waals surface area contributed by atoms with Crippen LogP contribution < -0.4 is 5.32 Å². The summed E-state index contributed by atoms with van der Waals surface area (Å²) in [5, 5.41) is 13.1. The van der Waals surface area contributed by atoms with Crippen LogP contribution in [0.2, 0.25) is 0 Å². The highest BCUT2D eigenvalue weighted by Crippen LogP contribution is 2.41. The maximum atomic E-state index is 9.59. The Kier molecular flexibility index (Phi) is 5.00. The minimum Gasteiger partial charge on any atom is -0.396 e. The molecule has 2 N–H and O–H groups in total. The van der Waals surface area contributed by atoms with Crippen molar-refractivity contribution in [3.05, 3.63) is 35.4 Å². The summed E-state index contributed by atoms with van der Waals surface area (Å²) in [5.41, 5.74) is 3.01. The predicted octanol–water partition coefficient (Wildman–Crippen LogP) is 3.45. The molecule has 106 valence electrons. The second-order valence-electron chi connectivity index (χ2n) is 5.94. The van der Waals surface area contributed by atoms with Gasteiger partial charge in [-0.05, 0) is 42.7 Å². The van der Waals surface area contributed by atoms with Gasteiger partial charge < -0.3 is 10.4 Å². The molecule has 0 saturated heterocycles. The second-order valence-corrected chi connectivity index (χ2v) is 5.94. The first-order chi connectivity index (χ1) is 9.24. The van der Waals surface area contributed by atoms with E-state index in [0.29, 0.717) is 0 Å². The van der Waals surface area contributed by atoms with Gasteiger partial charge in [0, 0.05) is 25.1 Å². The Morgan fingerprint density at radius 1 is 1.21 bits per heavy atom. The summed E-state index contributed by atoms with van der Waals surface area (Å²) in [5.74, 6) is 0.804. The summed E-state index contributed by atoms with van der Waals surface area (Å²) >= 11 is 0. The summed E-state index contributed by atoms with van der Waals surface area (Å²) in [7, 11) is 0. The molecule has 1 saturated carbocycles. The fraction of sp³-hybridized carbons (Fsp3) is 0.647. The van der Waals surface area contributed by atoms with Crippen LogP contribution in [0.3, 0.4) is 0 Å². The maximum absolute atomic E-state index is 9.59. The molecule has 0 bridgehead atoms. The predicted molar refractivity (Wildman–Crippen MR) is 80.2 cm³/mol. The normalized spacial score (nSPS) is 15.7. The van der Waals surface area contributed by atoms with E-state index in [4.69, 9.17) is 0 Å². The quantitative estimate of drug-likeness (QED) is 0.751. The summed E-state index contributed by atoms with van der Waals surface area (Å²) in [4.78, 5) is 0. The van der Waals surface area contributed by atoms with E-state index in [9.17, 15) is 5.11 Å². The average molecular weight is 261 g/mol. The van der Waals surface area contributed by atoms with Crippen molar-refractivity contribution in [1.29, 1.82) is 0 Å². The molecule has 0 heterocycles. The van der Waals surface area contributed by atoms with Gasteiger partial charge in [0.05, 0.1) is 0 Å². The Bertz CT molecular complexity index is 386. The number of hydrogen-bond acceptors (Lipinski definition) is 2. The van der Waals surface area contributed by atoms with Gasteiger partial charge in [-0.15, -0.1) is 0 Å². The van der Waals surface area contributed by atoms with Gasteiger partial charge in [-0.3, -0.25) is 0 Å². The molecule has 2 rings (SSSR count). The Hall–Kier alpha value is -0.860. The highest BCUT2D eigenvalue weighted by molar-refractivity contribution is 5.33. The molecule has 1 aromatic carbocycles. The Morgan fingerprint density at radius 3 is 2.47 bits per heavy atom. The van der Waals surface area contributed by atoms with Crippen LogP contribution in [-0.4, -0.2) is 18.3 Å². The van der Waals surface area contributed by atoms with Crippen LogP contribution >= 0.6 is 0 Å². The first kappa shape index (κ1) is 14.5. The van der Waals surface area contributed by atoms with Crippen molar-refractivity contribution in [2.45, 2.75) is 52.0 Å². The van der Waals surface area contributed by atoms with E-state index in [1.165, 1.54) is 24.0 Å². The molecule has 0 amide bonds. The molecular formula is C17H27NO. The molecule has 1 aliphatic rings. The minimum atomic E-state index is 0.0501. The van der Waals surface area contributed by atoms with Gasteiger partial charge in [0.15, 0.2) is 0 Å². The minimum absolute atomic E-state index is 0.0501. The van der Waals surface area contributed by atoms with Crippen LogP contribution in [-0.2, 0) is 6.54 Å². The van der Waals surface area contributed by atoms with Crippen LogP contribution in [0.4, 0.5) is 0 Å². The van der Waals surface area contributed by atoms with Crippen molar-refractivity contribution in [3.63, 3.8) is 0 Å². The molecule has 0 aromatic heterocycles. The van der Waals surface area contributed by atoms with E-state index in [0.717, 1.165) is 31.8 Å². The lowest BCUT2D eigenvalue weighted by Gasteiger charge is -2.29. The largest absolute Gasteiger partial charge is 0.396 e. The fourth-order valence-corrected chi connectivity index (χ4v) is 2.73. The third-order valence-corrected chi connectivity index (χ3v) is 4.72. The molecule has 1 fully saturated rings. The SMILES string of the molecule is CCC(CC)(CO)CNCc1ccccc1C1CC1. The summed E-state index contributed by atoms with van der Waals surface area (Å²) in [6.07, 6.45) is 4.75. The molecule has 2 nitrogen and oxygen atoms in total. The van der Waals surface area contributed by atoms with E-state index in [-0.39, 0.29) is 12.0 Å². The van der Waals surface area contributed by atoms with Gasteiger partial charge in [-0.25, -0.2) is 0 Å². The Labute approximate surface area is 117 Å². The first-order valence-corrected chi connectivity index (χ1v) is 7.64. The van der Waals surface area contributed by atoms with Crippen molar-refractivity contribution in [3.8, 4) is 0 Å². The third kappa shape index (κ3) is 3.58. The summed E-state index contributed by atoms with van der Waals surface area (Å²) < 4.78 is 0. The number of nitrogens with one attached hydrogen (secondary N) is 1. The van der Waals surface area contributed by atoms with E-state index in [2.05, 4.69) is 43.4 Å². The summed E-state index contributed by atoms with van der Waals surface area (Å²) in [6, 6.07) is 8.78. The molecular weight excluding hydrogens is 234 g/mol. The van der Waals surface area contributed by atoms with Gasteiger partial charge in [-0.2, -0.15) is 0 Å². The third-order valence-electron chi connectivity index (χ3n) is 4.72. The molecule has 1 aliphatic carbocycles. The first-order valence-electron chi connectivity index (χ1n) is 7.64. The van der Waals surface area contributed by atoms with Gasteiger partial charge in [0.25, 0.3) is 0 Å². The van der Waals surface area contributed by atoms with Crippen LogP contribution in [0.15, 0.2) is 24.3 Å². The standard InChI is InChI=1S/C17H27NO/c1-3-17(4-2,13-19)12-18-11-15-7-5-6-8-16(15)14-9-10-14/h5-8,14,18-19H,3-4,9-13H2,1-2H3. The Balaban J connectivity index is 1.92. The van der Waals surface area contributed by atoms with E-state index >= 15 is 0 Å². The van der Waals surface area contributed by atoms with Crippen LogP contribution in [0.1, 0.15) is 56.6 Å². The number of hydrogen-bond donors (Lipinski definition) is 2. The van der Waals surface area contributed by atoms with Crippen molar-refractivity contribution in [1.82, 2.24) is 5.32 Å². The molecule has 0 unspecified atom stereocenters. The van der Waals surface area contributed by atoms with Gasteiger partial charge in [-0.1, -0.05) is 38.1 Å². The molecule has 19 heavy (non-hydrogen) atoms. The van der Waals surface area contributed by atoms with Crippen LogP contribution in [0, 0.1) is 5.41 Å². The molecule has 0 radical (unpaired) electrons. The molecule has 1 aromatic rings. The van der Waals surface area contributed by atoms with Gasteiger partial charge in [0.1, 0.15) is 0 Å². The fourth-order valence-electron chi connectivity index (χ4n) is 2.73. The number of benzene rings is 1. The molecule has 0 atom stereocenters. The average Bonchev–Trinajstić information content (AvgIpc) is 3.29. The van der Waals surface area contributed by atoms with Crippen LogP contribution in [0.5, 0.6) is 0 Å². The zero-order chi connectivity index (χ0) is 13.7. The van der Waals surface area contributed by atoms with Crippen molar-refractivity contribution in [2.75, 3.05) is 13.2 Å². The lowest BCUT2D eigenvalue weighted by atomic mass is 9.83. The lowest BCUT2D eigenvalue weighted by Crippen LogP contribution is -2.36. The highest BCUT2D eigenvalue weighted by Gasteiger charge is 2.27. The van der Waals surface area contributed by atoms with Crippen molar-refractivity contribution in [2.24, 2.45) is 5.41 Å². The molecule has 0 aliphatic heterocycles. The van der Waals surface area contributed by atoms with E-state index < -0.39 is 0 Å². The monoisotopic (exact) mass is 261 g/mol. The number of rotatable bonds is 8. The van der Waals surface area contributed by atoms with Gasteiger partial charge in [0.2, 0.25) is 0 Å². The lowest BCUT2D eigenvalue weighted by molar-refractivity contribution is 0.113. The van der Waals surface area contributed by atoms with Crippen LogP contribution in [0.25, 0.3) is 0 Å². The summed E-state index contributed by atoms with van der Waals surface area (Å²) in [6.45, 7) is 6.43. The van der Waals surface area contributed by atoms with Gasteiger partial charge >= 0.3 is 0 Å². The number of aliphatic hydroxyl groups is 1. The number of aliphatic hydroxyl groups excluding tert-OH is 1. The van der Waals surface area contributed by atoms with E-state index in [1.807, 2.05) is 0 Å². The molecule has 2 heteroatoms. The highest BCUT2D eigenvalue weighted by atomic mass is 16.3. The molecule has 0 spiro atoms. The smallest absolute Gasteiger partial charge is 0.0499 e. The second kappa shape index (κ2) is 6.53. The zero-order valence-corrected chi connectivity index (χ0v) is 12.3. The van der Waals surface area contributed by atoms with E-state index in [1.54, 1.807) is 0 Å². The topological polar surface area (TPSA) is 32.3 Å². The van der Waals surface area contributed by atoms with Crippen molar-refractivity contribution >= 4 is 0 Å². The Morgan fingerprint density at radius 2 is 1.89 bits per heavy atom. The maximum Gasteiger partial charge on any atom is 0.0499 e. The van der Waals surface area contributed by atoms with Crippen molar-refractivity contribution < 1.29 is 5.11 Å². The zero-order valence-electron chi connectivity index (χ0n) is 12.3.